The van der Waals surface area contributed by atoms with Crippen molar-refractivity contribution in [3.63, 3.8) is 0 Å². The fourth-order valence-electron chi connectivity index (χ4n) is 1.63. The van der Waals surface area contributed by atoms with Crippen molar-refractivity contribution in [1.29, 1.82) is 0 Å². The van der Waals surface area contributed by atoms with E-state index in [4.69, 9.17) is 20.8 Å². The van der Waals surface area contributed by atoms with Gasteiger partial charge in [0.2, 0.25) is 5.91 Å². The third-order valence-electron chi connectivity index (χ3n) is 2.65. The first-order chi connectivity index (χ1) is 9.19. The summed E-state index contributed by atoms with van der Waals surface area (Å²) in [5.41, 5.74) is 0.763. The Labute approximate surface area is 116 Å². The molecule has 0 saturated heterocycles. The molecule has 1 amide bonds. The second-order valence-corrected chi connectivity index (χ2v) is 4.40. The molecule has 0 atom stereocenters. The Bertz CT molecular complexity index is 552. The molecule has 1 aromatic carbocycles. The molecule has 1 heterocycles. The molecular formula is C14H14ClNO3. The van der Waals surface area contributed by atoms with Gasteiger partial charge in [-0.2, -0.15) is 0 Å². The fourth-order valence-corrected chi connectivity index (χ4v) is 1.87. The Balaban J connectivity index is 1.91. The summed E-state index contributed by atoms with van der Waals surface area (Å²) in [6.07, 6.45) is 1.80. The number of rotatable bonds is 5. The molecule has 19 heavy (non-hydrogen) atoms. The van der Waals surface area contributed by atoms with E-state index < -0.39 is 0 Å². The quantitative estimate of drug-likeness (QED) is 0.916. The minimum atomic E-state index is -0.108. The summed E-state index contributed by atoms with van der Waals surface area (Å²) in [6, 6.07) is 8.84. The molecule has 0 aliphatic rings. The van der Waals surface area contributed by atoms with Crippen LogP contribution in [-0.4, -0.2) is 13.0 Å². The molecule has 0 bridgehead atoms. The van der Waals surface area contributed by atoms with E-state index in [2.05, 4.69) is 5.32 Å². The third-order valence-corrected chi connectivity index (χ3v) is 3.00. The van der Waals surface area contributed by atoms with Gasteiger partial charge in [0.15, 0.2) is 0 Å². The van der Waals surface area contributed by atoms with Gasteiger partial charge in [-0.3, -0.25) is 4.79 Å². The Kier molecular flexibility index (Phi) is 4.47. The summed E-state index contributed by atoms with van der Waals surface area (Å²) < 4.78 is 10.2. The van der Waals surface area contributed by atoms with E-state index in [9.17, 15) is 4.79 Å². The van der Waals surface area contributed by atoms with Gasteiger partial charge < -0.3 is 14.5 Å². The molecule has 0 radical (unpaired) electrons. The number of hydrogen-bond acceptors (Lipinski definition) is 3. The van der Waals surface area contributed by atoms with Crippen LogP contribution in [0.25, 0.3) is 0 Å². The highest BCUT2D eigenvalue weighted by Crippen LogP contribution is 2.22. The molecule has 2 aromatic rings. The van der Waals surface area contributed by atoms with E-state index in [0.29, 0.717) is 23.1 Å². The average Bonchev–Trinajstić information content (AvgIpc) is 2.92. The Morgan fingerprint density at radius 1 is 1.42 bits per heavy atom. The maximum absolute atomic E-state index is 11.8. The van der Waals surface area contributed by atoms with Crippen molar-refractivity contribution in [3.05, 3.63) is 52.9 Å². The fraction of sp³-hybridized carbons (Fsp3) is 0.214. The molecule has 1 N–H and O–H groups in total. The number of hydrogen-bond donors (Lipinski definition) is 1. The molecular weight excluding hydrogens is 266 g/mol. The van der Waals surface area contributed by atoms with Gasteiger partial charge in [0.25, 0.3) is 0 Å². The summed E-state index contributed by atoms with van der Waals surface area (Å²) in [4.78, 5) is 11.8. The van der Waals surface area contributed by atoms with Gasteiger partial charge in [-0.25, -0.2) is 0 Å². The van der Waals surface area contributed by atoms with Crippen LogP contribution in [0.3, 0.4) is 0 Å². The van der Waals surface area contributed by atoms with Crippen LogP contribution in [0.15, 0.2) is 41.0 Å². The summed E-state index contributed by atoms with van der Waals surface area (Å²) in [5, 5.41) is 3.29. The van der Waals surface area contributed by atoms with Crippen LogP contribution in [-0.2, 0) is 17.8 Å². The van der Waals surface area contributed by atoms with Crippen molar-refractivity contribution < 1.29 is 13.9 Å². The number of methoxy groups -OCH3 is 1. The third kappa shape index (κ3) is 3.76. The van der Waals surface area contributed by atoms with Crippen LogP contribution >= 0.6 is 11.6 Å². The zero-order chi connectivity index (χ0) is 13.7. The van der Waals surface area contributed by atoms with E-state index in [1.807, 2.05) is 0 Å². The minimum absolute atomic E-state index is 0.108. The molecule has 0 spiro atoms. The topological polar surface area (TPSA) is 51.5 Å². The molecule has 1 aromatic heterocycles. The largest absolute Gasteiger partial charge is 0.497 e. The van der Waals surface area contributed by atoms with Crippen molar-refractivity contribution in [2.75, 3.05) is 7.11 Å². The maximum atomic E-state index is 11.8. The lowest BCUT2D eigenvalue weighted by atomic mass is 10.1. The number of carbonyl (C=O) groups excluding carboxylic acids is 1. The van der Waals surface area contributed by atoms with E-state index in [1.165, 1.54) is 0 Å². The lowest BCUT2D eigenvalue weighted by Crippen LogP contribution is -2.24. The molecule has 0 unspecified atom stereocenters. The lowest BCUT2D eigenvalue weighted by molar-refractivity contribution is -0.120. The monoisotopic (exact) mass is 279 g/mol. The number of furan rings is 1. The number of amides is 1. The van der Waals surface area contributed by atoms with Crippen molar-refractivity contribution in [1.82, 2.24) is 5.32 Å². The van der Waals surface area contributed by atoms with Crippen LogP contribution in [0.1, 0.15) is 11.3 Å². The Morgan fingerprint density at radius 2 is 2.26 bits per heavy atom. The van der Waals surface area contributed by atoms with Gasteiger partial charge in [-0.1, -0.05) is 17.7 Å². The van der Waals surface area contributed by atoms with Crippen LogP contribution < -0.4 is 10.1 Å². The molecule has 2 rings (SSSR count). The number of halogens is 1. The van der Waals surface area contributed by atoms with E-state index in [0.717, 1.165) is 5.56 Å². The minimum Gasteiger partial charge on any atom is -0.497 e. The highest BCUT2D eigenvalue weighted by molar-refractivity contribution is 6.31. The smallest absolute Gasteiger partial charge is 0.224 e. The number of carbonyl (C=O) groups is 1. The number of benzene rings is 1. The predicted molar refractivity (Wildman–Crippen MR) is 72.3 cm³/mol. The number of nitrogens with one attached hydrogen (secondary N) is 1. The molecule has 0 aliphatic heterocycles. The number of ether oxygens (including phenoxy) is 1. The highest BCUT2D eigenvalue weighted by atomic mass is 35.5. The van der Waals surface area contributed by atoms with Gasteiger partial charge in [-0.05, 0) is 29.8 Å². The predicted octanol–water partition coefficient (Wildman–Crippen LogP) is 2.80. The summed E-state index contributed by atoms with van der Waals surface area (Å²) in [7, 11) is 1.57. The average molecular weight is 280 g/mol. The van der Waals surface area contributed by atoms with Crippen LogP contribution in [0.5, 0.6) is 5.75 Å². The second-order valence-electron chi connectivity index (χ2n) is 3.99. The van der Waals surface area contributed by atoms with Gasteiger partial charge in [-0.15, -0.1) is 0 Å². The molecule has 0 aliphatic carbocycles. The lowest BCUT2D eigenvalue weighted by Gasteiger charge is -2.07. The van der Waals surface area contributed by atoms with Crippen molar-refractivity contribution in [3.8, 4) is 5.75 Å². The van der Waals surface area contributed by atoms with E-state index >= 15 is 0 Å². The van der Waals surface area contributed by atoms with Gasteiger partial charge in [0.1, 0.15) is 11.5 Å². The zero-order valence-electron chi connectivity index (χ0n) is 10.5. The molecule has 0 fully saturated rings. The highest BCUT2D eigenvalue weighted by Gasteiger charge is 2.08. The molecule has 100 valence electrons. The van der Waals surface area contributed by atoms with Crippen LogP contribution in [0.4, 0.5) is 0 Å². The first-order valence-corrected chi connectivity index (χ1v) is 6.18. The Hall–Kier alpha value is -1.94. The summed E-state index contributed by atoms with van der Waals surface area (Å²) in [5.74, 6) is 1.28. The molecule has 4 nitrogen and oxygen atoms in total. The summed E-state index contributed by atoms with van der Waals surface area (Å²) in [6.45, 7) is 0.375. The Morgan fingerprint density at radius 3 is 2.89 bits per heavy atom. The first-order valence-electron chi connectivity index (χ1n) is 5.80. The van der Waals surface area contributed by atoms with Gasteiger partial charge in [0, 0.05) is 5.02 Å². The van der Waals surface area contributed by atoms with Crippen molar-refractivity contribution in [2.45, 2.75) is 13.0 Å². The SMILES string of the molecule is COc1ccc(CC(=O)NCc2ccco2)c(Cl)c1. The van der Waals surface area contributed by atoms with Gasteiger partial charge in [0.05, 0.1) is 26.3 Å². The van der Waals surface area contributed by atoms with Gasteiger partial charge >= 0.3 is 0 Å². The zero-order valence-corrected chi connectivity index (χ0v) is 11.2. The molecule has 5 heteroatoms. The van der Waals surface area contributed by atoms with Crippen molar-refractivity contribution >= 4 is 17.5 Å². The normalized spacial score (nSPS) is 10.2. The van der Waals surface area contributed by atoms with Crippen molar-refractivity contribution in [2.24, 2.45) is 0 Å². The van der Waals surface area contributed by atoms with E-state index in [1.54, 1.807) is 43.7 Å². The summed E-state index contributed by atoms with van der Waals surface area (Å²) >= 11 is 6.07. The molecule has 0 saturated carbocycles. The van der Waals surface area contributed by atoms with Crippen LogP contribution in [0.2, 0.25) is 5.02 Å². The first kappa shape index (κ1) is 13.5. The maximum Gasteiger partial charge on any atom is 0.224 e. The van der Waals surface area contributed by atoms with Crippen LogP contribution in [0, 0.1) is 0 Å². The standard InChI is InChI=1S/C14H14ClNO3/c1-18-11-5-4-10(13(15)8-11)7-14(17)16-9-12-3-2-6-19-12/h2-6,8H,7,9H2,1H3,(H,16,17). The van der Waals surface area contributed by atoms with E-state index in [-0.39, 0.29) is 12.3 Å². The second kappa shape index (κ2) is 6.29.